The molecule has 2 rings (SSSR count). The number of hydrogen-bond acceptors (Lipinski definition) is 2. The Morgan fingerprint density at radius 3 is 3.00 bits per heavy atom. The summed E-state index contributed by atoms with van der Waals surface area (Å²) in [6, 6.07) is 7.87. The Bertz CT molecular complexity index is 303. The average molecular weight is 215 g/mol. The zero-order valence-corrected chi connectivity index (χ0v) is 8.68. The second-order valence-corrected chi connectivity index (χ2v) is 5.04. The smallest absolute Gasteiger partial charge is 0.0470 e. The SMILES string of the molecule is OCC1CC1Sc1cccc(Cl)c1. The maximum Gasteiger partial charge on any atom is 0.0470 e. The normalized spacial score (nSPS) is 26.0. The molecule has 0 aliphatic heterocycles. The highest BCUT2D eigenvalue weighted by molar-refractivity contribution is 8.00. The molecule has 0 saturated heterocycles. The van der Waals surface area contributed by atoms with Crippen LogP contribution in [-0.4, -0.2) is 17.0 Å². The first-order valence-corrected chi connectivity index (χ1v) is 5.58. The van der Waals surface area contributed by atoms with E-state index in [1.165, 1.54) is 4.90 Å². The molecule has 1 aliphatic rings. The zero-order chi connectivity index (χ0) is 9.26. The third kappa shape index (κ3) is 2.39. The van der Waals surface area contributed by atoms with Gasteiger partial charge in [0.2, 0.25) is 0 Å². The fourth-order valence-electron chi connectivity index (χ4n) is 1.27. The van der Waals surface area contributed by atoms with Crippen molar-refractivity contribution in [2.24, 2.45) is 5.92 Å². The van der Waals surface area contributed by atoms with Gasteiger partial charge in [0.15, 0.2) is 0 Å². The van der Waals surface area contributed by atoms with Crippen LogP contribution in [0.25, 0.3) is 0 Å². The molecule has 0 radical (unpaired) electrons. The molecule has 70 valence electrons. The Kier molecular flexibility index (Phi) is 2.82. The van der Waals surface area contributed by atoms with E-state index in [-0.39, 0.29) is 0 Å². The molecule has 1 fully saturated rings. The Morgan fingerprint density at radius 1 is 1.54 bits per heavy atom. The van der Waals surface area contributed by atoms with Crippen LogP contribution < -0.4 is 0 Å². The lowest BCUT2D eigenvalue weighted by Crippen LogP contribution is -1.88. The van der Waals surface area contributed by atoms with Crippen molar-refractivity contribution >= 4 is 23.4 Å². The van der Waals surface area contributed by atoms with E-state index >= 15 is 0 Å². The summed E-state index contributed by atoms with van der Waals surface area (Å²) < 4.78 is 0. The minimum Gasteiger partial charge on any atom is -0.396 e. The number of hydrogen-bond donors (Lipinski definition) is 1. The molecule has 1 nitrogen and oxygen atoms in total. The molecule has 1 aromatic carbocycles. The number of thioether (sulfide) groups is 1. The van der Waals surface area contributed by atoms with Gasteiger partial charge in [0, 0.05) is 21.8 Å². The van der Waals surface area contributed by atoms with Gasteiger partial charge >= 0.3 is 0 Å². The molecule has 1 aliphatic carbocycles. The molecule has 13 heavy (non-hydrogen) atoms. The van der Waals surface area contributed by atoms with Gasteiger partial charge in [0.1, 0.15) is 0 Å². The van der Waals surface area contributed by atoms with Crippen LogP contribution >= 0.6 is 23.4 Å². The van der Waals surface area contributed by atoms with Crippen molar-refractivity contribution < 1.29 is 5.11 Å². The largest absolute Gasteiger partial charge is 0.396 e. The van der Waals surface area contributed by atoms with E-state index in [1.807, 2.05) is 30.0 Å². The summed E-state index contributed by atoms with van der Waals surface area (Å²) in [5, 5.41) is 10.3. The molecular weight excluding hydrogens is 204 g/mol. The summed E-state index contributed by atoms with van der Waals surface area (Å²) in [4.78, 5) is 1.20. The minimum absolute atomic E-state index is 0.318. The Hall–Kier alpha value is -0.180. The highest BCUT2D eigenvalue weighted by Gasteiger charge is 2.36. The van der Waals surface area contributed by atoms with Crippen LogP contribution in [0.1, 0.15) is 6.42 Å². The number of aliphatic hydroxyl groups is 1. The quantitative estimate of drug-likeness (QED) is 0.835. The van der Waals surface area contributed by atoms with Gasteiger partial charge in [-0.1, -0.05) is 17.7 Å². The first-order chi connectivity index (χ1) is 6.29. The first kappa shape index (κ1) is 9.38. The second-order valence-electron chi connectivity index (χ2n) is 3.29. The van der Waals surface area contributed by atoms with Crippen LogP contribution in [0.15, 0.2) is 29.2 Å². The Balaban J connectivity index is 1.95. The second kappa shape index (κ2) is 3.91. The van der Waals surface area contributed by atoms with Crippen molar-refractivity contribution in [3.63, 3.8) is 0 Å². The summed E-state index contributed by atoms with van der Waals surface area (Å²) in [5.74, 6) is 0.504. The number of benzene rings is 1. The van der Waals surface area contributed by atoms with Gasteiger partial charge in [0.25, 0.3) is 0 Å². The van der Waals surface area contributed by atoms with Gasteiger partial charge in [-0.15, -0.1) is 11.8 Å². The molecule has 0 amide bonds. The van der Waals surface area contributed by atoms with Crippen LogP contribution in [-0.2, 0) is 0 Å². The van der Waals surface area contributed by atoms with E-state index in [9.17, 15) is 0 Å². The van der Waals surface area contributed by atoms with E-state index < -0.39 is 0 Å². The topological polar surface area (TPSA) is 20.2 Å². The number of rotatable bonds is 3. The van der Waals surface area contributed by atoms with Gasteiger partial charge in [-0.25, -0.2) is 0 Å². The maximum absolute atomic E-state index is 8.87. The van der Waals surface area contributed by atoms with E-state index in [0.29, 0.717) is 17.8 Å². The molecular formula is C10H11ClOS. The summed E-state index contributed by atoms with van der Waals surface area (Å²) >= 11 is 7.67. The van der Waals surface area contributed by atoms with E-state index in [0.717, 1.165) is 11.4 Å². The number of aliphatic hydroxyl groups excluding tert-OH is 1. The Labute approximate surface area is 87.1 Å². The van der Waals surface area contributed by atoms with Crippen molar-refractivity contribution in [3.05, 3.63) is 29.3 Å². The van der Waals surface area contributed by atoms with E-state index in [1.54, 1.807) is 0 Å². The van der Waals surface area contributed by atoms with Crippen LogP contribution in [0.2, 0.25) is 5.02 Å². The number of halogens is 1. The van der Waals surface area contributed by atoms with Gasteiger partial charge < -0.3 is 5.11 Å². The molecule has 1 saturated carbocycles. The van der Waals surface area contributed by atoms with Crippen molar-refractivity contribution in [1.82, 2.24) is 0 Å². The Morgan fingerprint density at radius 2 is 2.38 bits per heavy atom. The minimum atomic E-state index is 0.318. The molecule has 1 aromatic rings. The van der Waals surface area contributed by atoms with Gasteiger partial charge in [-0.05, 0) is 30.5 Å². The van der Waals surface area contributed by atoms with Crippen molar-refractivity contribution in [2.75, 3.05) is 6.61 Å². The van der Waals surface area contributed by atoms with Gasteiger partial charge in [-0.2, -0.15) is 0 Å². The van der Waals surface area contributed by atoms with Crippen LogP contribution in [0.4, 0.5) is 0 Å². The highest BCUT2D eigenvalue weighted by Crippen LogP contribution is 2.44. The average Bonchev–Trinajstić information content (AvgIpc) is 2.83. The molecule has 0 spiro atoms. The van der Waals surface area contributed by atoms with Crippen molar-refractivity contribution in [2.45, 2.75) is 16.6 Å². The third-order valence-electron chi connectivity index (χ3n) is 2.18. The predicted octanol–water partition coefficient (Wildman–Crippen LogP) is 2.81. The van der Waals surface area contributed by atoms with Crippen LogP contribution in [0.5, 0.6) is 0 Å². The van der Waals surface area contributed by atoms with Crippen LogP contribution in [0.3, 0.4) is 0 Å². The van der Waals surface area contributed by atoms with Crippen LogP contribution in [0, 0.1) is 5.92 Å². The molecule has 0 heterocycles. The molecule has 0 aromatic heterocycles. The summed E-state index contributed by atoms with van der Waals surface area (Å²) in [6.07, 6.45) is 1.13. The predicted molar refractivity (Wildman–Crippen MR) is 56.3 cm³/mol. The van der Waals surface area contributed by atoms with Crippen molar-refractivity contribution in [1.29, 1.82) is 0 Å². The monoisotopic (exact) mass is 214 g/mol. The summed E-state index contributed by atoms with van der Waals surface area (Å²) in [5.41, 5.74) is 0. The first-order valence-electron chi connectivity index (χ1n) is 4.32. The fourth-order valence-corrected chi connectivity index (χ4v) is 2.85. The standard InChI is InChI=1S/C10H11ClOS/c11-8-2-1-3-9(5-8)13-10-4-7(10)6-12/h1-3,5,7,10,12H,4,6H2. The lowest BCUT2D eigenvalue weighted by Gasteiger charge is -1.99. The molecule has 0 bridgehead atoms. The summed E-state index contributed by atoms with van der Waals surface area (Å²) in [7, 11) is 0. The molecule has 2 atom stereocenters. The third-order valence-corrected chi connectivity index (χ3v) is 3.82. The lowest BCUT2D eigenvalue weighted by molar-refractivity contribution is 0.277. The zero-order valence-electron chi connectivity index (χ0n) is 7.11. The van der Waals surface area contributed by atoms with E-state index in [2.05, 4.69) is 6.07 Å². The van der Waals surface area contributed by atoms with Gasteiger partial charge in [0.05, 0.1) is 0 Å². The lowest BCUT2D eigenvalue weighted by atomic mass is 10.4. The fraction of sp³-hybridized carbons (Fsp3) is 0.400. The van der Waals surface area contributed by atoms with E-state index in [4.69, 9.17) is 16.7 Å². The van der Waals surface area contributed by atoms with Gasteiger partial charge in [-0.3, -0.25) is 0 Å². The molecule has 1 N–H and O–H groups in total. The molecule has 3 heteroatoms. The highest BCUT2D eigenvalue weighted by atomic mass is 35.5. The van der Waals surface area contributed by atoms with Crippen molar-refractivity contribution in [3.8, 4) is 0 Å². The molecule has 2 unspecified atom stereocenters. The summed E-state index contributed by atoms with van der Waals surface area (Å²) in [6.45, 7) is 0.318. The maximum atomic E-state index is 8.87.